The maximum Gasteiger partial charge on any atom is 0.418 e. The maximum absolute atomic E-state index is 14.2. The molecule has 0 aromatic heterocycles. The second kappa shape index (κ2) is 7.62. The zero-order valence-electron chi connectivity index (χ0n) is 13.3. The van der Waals surface area contributed by atoms with Gasteiger partial charge >= 0.3 is 12.1 Å². The van der Waals surface area contributed by atoms with E-state index in [4.69, 9.17) is 5.11 Å². The van der Waals surface area contributed by atoms with Crippen LogP contribution < -0.4 is 5.32 Å². The molecule has 1 aromatic rings. The number of benzene rings is 1. The largest absolute Gasteiger partial charge is 0.466 e. The number of carbonyl (C=O) groups excluding carboxylic acids is 2. The number of nitrogens with zero attached hydrogens (tertiary/aromatic N) is 1. The molecule has 11 heteroatoms. The predicted molar refractivity (Wildman–Crippen MR) is 85.4 cm³/mol. The molecule has 1 amide bonds. The summed E-state index contributed by atoms with van der Waals surface area (Å²) in [5.41, 5.74) is -3.13. The van der Waals surface area contributed by atoms with Gasteiger partial charge in [0, 0.05) is 11.0 Å². The van der Waals surface area contributed by atoms with E-state index in [0.717, 1.165) is 18.1 Å². The Hall–Kier alpha value is -2.14. The Balaban J connectivity index is 2.54. The summed E-state index contributed by atoms with van der Waals surface area (Å²) in [5, 5.41) is 11.1. The van der Waals surface area contributed by atoms with Crippen LogP contribution in [-0.2, 0) is 20.5 Å². The second-order valence-corrected chi connectivity index (χ2v) is 6.14. The molecule has 0 aliphatic carbocycles. The molecule has 26 heavy (non-hydrogen) atoms. The van der Waals surface area contributed by atoms with Gasteiger partial charge in [-0.1, -0.05) is 15.9 Å². The summed E-state index contributed by atoms with van der Waals surface area (Å²) in [4.78, 5) is 25.2. The highest BCUT2D eigenvalue weighted by molar-refractivity contribution is 9.10. The first-order valence-electron chi connectivity index (χ1n) is 7.15. The van der Waals surface area contributed by atoms with Crippen LogP contribution in [0.15, 0.2) is 27.9 Å². The molecule has 1 aliphatic rings. The topological polar surface area (TPSA) is 78.9 Å². The number of hydrogen-bond donors (Lipinski definition) is 2. The summed E-state index contributed by atoms with van der Waals surface area (Å²) in [7, 11) is 1.04. The van der Waals surface area contributed by atoms with E-state index in [1.54, 1.807) is 0 Å². The summed E-state index contributed by atoms with van der Waals surface area (Å²) >= 11 is 2.78. The lowest BCUT2D eigenvalue weighted by molar-refractivity contribution is -0.137. The first-order valence-corrected chi connectivity index (χ1v) is 7.94. The molecule has 2 rings (SSSR count). The molecule has 0 saturated heterocycles. The molecule has 1 heterocycles. The lowest BCUT2D eigenvalue weighted by Crippen LogP contribution is -2.31. The fourth-order valence-corrected chi connectivity index (χ4v) is 2.83. The van der Waals surface area contributed by atoms with Crippen molar-refractivity contribution in [3.05, 3.63) is 39.3 Å². The Morgan fingerprint density at radius 2 is 2.08 bits per heavy atom. The molecule has 0 spiro atoms. The number of aliphatic hydroxyl groups is 1. The van der Waals surface area contributed by atoms with Crippen molar-refractivity contribution in [1.29, 1.82) is 0 Å². The van der Waals surface area contributed by atoms with Crippen LogP contribution in [0.4, 0.5) is 23.2 Å². The molecule has 6 nitrogen and oxygen atoms in total. The first kappa shape index (κ1) is 20.2. The van der Waals surface area contributed by atoms with Crippen molar-refractivity contribution in [3.8, 4) is 0 Å². The molecule has 0 atom stereocenters. The monoisotopic (exact) mass is 440 g/mol. The highest BCUT2D eigenvalue weighted by Gasteiger charge is 2.39. The van der Waals surface area contributed by atoms with Crippen LogP contribution in [0, 0.1) is 5.82 Å². The minimum Gasteiger partial charge on any atom is -0.466 e. The fourth-order valence-electron chi connectivity index (χ4n) is 2.40. The van der Waals surface area contributed by atoms with E-state index < -0.39 is 47.4 Å². The van der Waals surface area contributed by atoms with Gasteiger partial charge < -0.3 is 20.1 Å². The summed E-state index contributed by atoms with van der Waals surface area (Å²) in [6.07, 6.45) is -4.91. The minimum atomic E-state index is -4.91. The highest BCUT2D eigenvalue weighted by atomic mass is 79.9. The SMILES string of the molecule is COC(=O)C1=C(Nc2c(F)cc(Br)cc2C(F)(F)F)C(=O)N(CCO)C1. The zero-order valence-corrected chi connectivity index (χ0v) is 14.9. The molecule has 1 aliphatic heterocycles. The molecule has 0 radical (unpaired) electrons. The Kier molecular flexibility index (Phi) is 5.91. The Morgan fingerprint density at radius 3 is 2.62 bits per heavy atom. The van der Waals surface area contributed by atoms with Crippen molar-refractivity contribution in [3.63, 3.8) is 0 Å². The number of carbonyl (C=O) groups is 2. The van der Waals surface area contributed by atoms with E-state index in [-0.39, 0.29) is 23.1 Å². The van der Waals surface area contributed by atoms with Gasteiger partial charge in [0.15, 0.2) is 0 Å². The molecule has 1 aromatic carbocycles. The van der Waals surface area contributed by atoms with Gasteiger partial charge in [-0.25, -0.2) is 9.18 Å². The fraction of sp³-hybridized carbons (Fsp3) is 0.333. The van der Waals surface area contributed by atoms with Crippen LogP contribution in [0.25, 0.3) is 0 Å². The van der Waals surface area contributed by atoms with Crippen molar-refractivity contribution in [2.75, 3.05) is 32.1 Å². The number of amides is 1. The number of anilines is 1. The minimum absolute atomic E-state index is 0.144. The number of nitrogens with one attached hydrogen (secondary N) is 1. The predicted octanol–water partition coefficient (Wildman–Crippen LogP) is 2.28. The number of alkyl halides is 3. The van der Waals surface area contributed by atoms with E-state index in [1.807, 2.05) is 0 Å². The van der Waals surface area contributed by atoms with Crippen LogP contribution in [0.2, 0.25) is 0 Å². The van der Waals surface area contributed by atoms with Gasteiger partial charge in [-0.15, -0.1) is 0 Å². The van der Waals surface area contributed by atoms with Crippen LogP contribution in [0.3, 0.4) is 0 Å². The van der Waals surface area contributed by atoms with E-state index in [1.165, 1.54) is 0 Å². The molecule has 142 valence electrons. The molecule has 2 N–H and O–H groups in total. The van der Waals surface area contributed by atoms with E-state index in [9.17, 15) is 27.2 Å². The van der Waals surface area contributed by atoms with Crippen molar-refractivity contribution >= 4 is 33.5 Å². The number of hydrogen-bond acceptors (Lipinski definition) is 5. The summed E-state index contributed by atoms with van der Waals surface area (Å²) < 4.78 is 58.3. The number of rotatable bonds is 5. The normalized spacial score (nSPS) is 14.9. The smallest absolute Gasteiger partial charge is 0.418 e. The molecule has 0 unspecified atom stereocenters. The molecule has 0 saturated carbocycles. The van der Waals surface area contributed by atoms with Gasteiger partial charge in [0.05, 0.1) is 37.1 Å². The first-order chi connectivity index (χ1) is 12.1. The quantitative estimate of drug-likeness (QED) is 0.542. The highest BCUT2D eigenvalue weighted by Crippen LogP contribution is 2.39. The van der Waals surface area contributed by atoms with Crippen molar-refractivity contribution < 1.29 is 37.0 Å². The third-order valence-corrected chi connectivity index (χ3v) is 4.02. The Labute approximate surface area is 153 Å². The summed E-state index contributed by atoms with van der Waals surface area (Å²) in [6.45, 7) is -0.860. The third kappa shape index (κ3) is 3.98. The van der Waals surface area contributed by atoms with Gasteiger partial charge in [-0.3, -0.25) is 4.79 Å². The number of β-amino-alcohol motifs (C(OH)–C–C–N with tert-alkyl or cyclic N) is 1. The molecule has 0 bridgehead atoms. The molecular weight excluding hydrogens is 428 g/mol. The van der Waals surface area contributed by atoms with Crippen LogP contribution >= 0.6 is 15.9 Å². The lowest BCUT2D eigenvalue weighted by Gasteiger charge is -2.18. The maximum atomic E-state index is 14.2. The second-order valence-electron chi connectivity index (χ2n) is 5.23. The number of esters is 1. The number of halogens is 5. The summed E-state index contributed by atoms with van der Waals surface area (Å²) in [6, 6.07) is 1.44. The van der Waals surface area contributed by atoms with Crippen molar-refractivity contribution in [2.45, 2.75) is 6.18 Å². The van der Waals surface area contributed by atoms with Crippen molar-refractivity contribution in [1.82, 2.24) is 4.90 Å². The number of methoxy groups -OCH3 is 1. The van der Waals surface area contributed by atoms with Crippen LogP contribution in [-0.4, -0.2) is 48.7 Å². The van der Waals surface area contributed by atoms with E-state index in [0.29, 0.717) is 6.07 Å². The van der Waals surface area contributed by atoms with Crippen LogP contribution in [0.5, 0.6) is 0 Å². The average Bonchev–Trinajstić information content (AvgIpc) is 2.85. The zero-order chi connectivity index (χ0) is 19.6. The standard InChI is InChI=1S/C15H13BrF4N2O4/c1-26-14(25)8-6-22(2-3-23)13(24)11(8)21-12-9(15(18,19)20)4-7(16)5-10(12)17/h4-5,21,23H,2-3,6H2,1H3. The Morgan fingerprint density at radius 1 is 1.42 bits per heavy atom. The average molecular weight is 441 g/mol. The van der Waals surface area contributed by atoms with Crippen LogP contribution in [0.1, 0.15) is 5.56 Å². The van der Waals surface area contributed by atoms with Gasteiger partial charge in [0.1, 0.15) is 11.5 Å². The summed E-state index contributed by atoms with van der Waals surface area (Å²) in [5.74, 6) is -3.07. The van der Waals surface area contributed by atoms with Gasteiger partial charge in [-0.2, -0.15) is 13.2 Å². The molecular formula is C15H13BrF4N2O4. The number of aliphatic hydroxyl groups excluding tert-OH is 1. The van der Waals surface area contributed by atoms with Crippen molar-refractivity contribution in [2.24, 2.45) is 0 Å². The van der Waals surface area contributed by atoms with E-state index in [2.05, 4.69) is 26.0 Å². The van der Waals surface area contributed by atoms with Gasteiger partial charge in [0.2, 0.25) is 0 Å². The number of ether oxygens (including phenoxy) is 1. The van der Waals surface area contributed by atoms with Gasteiger partial charge in [-0.05, 0) is 12.1 Å². The van der Waals surface area contributed by atoms with E-state index >= 15 is 0 Å². The lowest BCUT2D eigenvalue weighted by atomic mass is 10.1. The van der Waals surface area contributed by atoms with Gasteiger partial charge in [0.25, 0.3) is 5.91 Å². The Bertz CT molecular complexity index is 780. The third-order valence-electron chi connectivity index (χ3n) is 3.56. The molecule has 0 fully saturated rings.